The molecule has 1 atom stereocenters. The van der Waals surface area contributed by atoms with Gasteiger partial charge in [0.15, 0.2) is 0 Å². The van der Waals surface area contributed by atoms with Crippen LogP contribution in [0.1, 0.15) is 11.1 Å². The van der Waals surface area contributed by atoms with Gasteiger partial charge in [-0.05, 0) is 24.1 Å². The van der Waals surface area contributed by atoms with E-state index in [4.69, 9.17) is 10.2 Å². The standard InChI is InChI=1S/C13H18FNO3S/c1-9-2-3-10(4-12(9)14)5-15-13(18)8-19-7-11(17)6-16/h2-4,11,16-17H,5-8H2,1H3,(H,15,18). The van der Waals surface area contributed by atoms with E-state index in [9.17, 15) is 9.18 Å². The topological polar surface area (TPSA) is 69.6 Å². The molecule has 1 amide bonds. The number of aryl methyl sites for hydroxylation is 1. The lowest BCUT2D eigenvalue weighted by atomic mass is 10.1. The normalized spacial score (nSPS) is 12.2. The van der Waals surface area contributed by atoms with Crippen molar-refractivity contribution in [3.63, 3.8) is 0 Å². The molecule has 0 aliphatic heterocycles. The molecule has 0 saturated heterocycles. The van der Waals surface area contributed by atoms with Crippen LogP contribution in [0.3, 0.4) is 0 Å². The lowest BCUT2D eigenvalue weighted by molar-refractivity contribution is -0.118. The molecule has 0 bridgehead atoms. The number of carbonyl (C=O) groups is 1. The Bertz CT molecular complexity index is 428. The monoisotopic (exact) mass is 287 g/mol. The smallest absolute Gasteiger partial charge is 0.230 e. The third kappa shape index (κ3) is 6.04. The second-order valence-electron chi connectivity index (χ2n) is 4.21. The van der Waals surface area contributed by atoms with Gasteiger partial charge in [-0.3, -0.25) is 4.79 Å². The first-order valence-electron chi connectivity index (χ1n) is 5.91. The van der Waals surface area contributed by atoms with E-state index in [0.29, 0.717) is 16.9 Å². The van der Waals surface area contributed by atoms with Gasteiger partial charge >= 0.3 is 0 Å². The molecule has 0 heterocycles. The van der Waals surface area contributed by atoms with Crippen LogP contribution in [0.15, 0.2) is 18.2 Å². The number of aliphatic hydroxyl groups excluding tert-OH is 2. The summed E-state index contributed by atoms with van der Waals surface area (Å²) in [7, 11) is 0. The Morgan fingerprint density at radius 2 is 2.26 bits per heavy atom. The maximum absolute atomic E-state index is 13.3. The zero-order valence-electron chi connectivity index (χ0n) is 10.7. The minimum absolute atomic E-state index is 0.184. The lowest BCUT2D eigenvalue weighted by Gasteiger charge is -2.08. The number of amides is 1. The number of thioether (sulfide) groups is 1. The molecule has 0 saturated carbocycles. The number of hydrogen-bond acceptors (Lipinski definition) is 4. The van der Waals surface area contributed by atoms with Crippen molar-refractivity contribution in [3.8, 4) is 0 Å². The quantitative estimate of drug-likeness (QED) is 0.695. The number of nitrogens with one attached hydrogen (secondary N) is 1. The summed E-state index contributed by atoms with van der Waals surface area (Å²) in [5.74, 6) is 0.0393. The second-order valence-corrected chi connectivity index (χ2v) is 5.24. The average Bonchev–Trinajstić information content (AvgIpc) is 2.40. The molecule has 6 heteroatoms. The van der Waals surface area contributed by atoms with E-state index in [0.717, 1.165) is 0 Å². The highest BCUT2D eigenvalue weighted by Gasteiger charge is 2.06. The summed E-state index contributed by atoms with van der Waals surface area (Å²) in [4.78, 5) is 11.5. The zero-order valence-corrected chi connectivity index (χ0v) is 11.5. The Labute approximate surface area is 116 Å². The summed E-state index contributed by atoms with van der Waals surface area (Å²) in [6.45, 7) is 1.65. The van der Waals surface area contributed by atoms with Crippen molar-refractivity contribution in [1.82, 2.24) is 5.32 Å². The molecule has 1 aromatic rings. The highest BCUT2D eigenvalue weighted by atomic mass is 32.2. The van der Waals surface area contributed by atoms with Crippen molar-refractivity contribution >= 4 is 17.7 Å². The second kappa shape index (κ2) is 8.14. The minimum atomic E-state index is -0.802. The Hall–Kier alpha value is -1.11. The molecule has 1 rings (SSSR count). The number of aliphatic hydroxyl groups is 2. The molecule has 0 radical (unpaired) electrons. The third-order valence-corrected chi connectivity index (χ3v) is 3.57. The Morgan fingerprint density at radius 3 is 2.89 bits per heavy atom. The van der Waals surface area contributed by atoms with Crippen LogP contribution in [-0.4, -0.2) is 40.3 Å². The maximum Gasteiger partial charge on any atom is 0.230 e. The molecular formula is C13H18FNO3S. The molecule has 1 aromatic carbocycles. The molecule has 3 N–H and O–H groups in total. The van der Waals surface area contributed by atoms with Gasteiger partial charge in [0.25, 0.3) is 0 Å². The van der Waals surface area contributed by atoms with Crippen molar-refractivity contribution in [1.29, 1.82) is 0 Å². The number of carbonyl (C=O) groups excluding carboxylic acids is 1. The van der Waals surface area contributed by atoms with E-state index >= 15 is 0 Å². The Balaban J connectivity index is 2.28. The van der Waals surface area contributed by atoms with Gasteiger partial charge in [-0.1, -0.05) is 12.1 Å². The molecule has 0 spiro atoms. The number of hydrogen-bond donors (Lipinski definition) is 3. The van der Waals surface area contributed by atoms with E-state index in [2.05, 4.69) is 5.32 Å². The highest BCUT2D eigenvalue weighted by Crippen LogP contribution is 2.09. The zero-order chi connectivity index (χ0) is 14.3. The first-order chi connectivity index (χ1) is 9.02. The maximum atomic E-state index is 13.3. The van der Waals surface area contributed by atoms with Crippen LogP contribution in [0.25, 0.3) is 0 Å². The predicted octanol–water partition coefficient (Wildman–Crippen LogP) is 0.837. The Morgan fingerprint density at radius 1 is 1.53 bits per heavy atom. The van der Waals surface area contributed by atoms with Gasteiger partial charge in [-0.2, -0.15) is 0 Å². The Kier molecular flexibility index (Phi) is 6.83. The van der Waals surface area contributed by atoms with Crippen molar-refractivity contribution in [2.75, 3.05) is 18.1 Å². The van der Waals surface area contributed by atoms with Crippen LogP contribution in [-0.2, 0) is 11.3 Å². The summed E-state index contributed by atoms with van der Waals surface area (Å²) in [6.07, 6.45) is -0.802. The van der Waals surface area contributed by atoms with Crippen LogP contribution >= 0.6 is 11.8 Å². The molecule has 0 aromatic heterocycles. The van der Waals surface area contributed by atoms with Crippen LogP contribution in [0.5, 0.6) is 0 Å². The minimum Gasteiger partial charge on any atom is -0.394 e. The van der Waals surface area contributed by atoms with E-state index in [1.807, 2.05) is 0 Å². The van der Waals surface area contributed by atoms with Crippen LogP contribution in [0.4, 0.5) is 4.39 Å². The van der Waals surface area contributed by atoms with Gasteiger partial charge in [0.05, 0.1) is 18.5 Å². The molecule has 106 valence electrons. The molecule has 0 aliphatic rings. The predicted molar refractivity (Wildman–Crippen MR) is 73.4 cm³/mol. The van der Waals surface area contributed by atoms with Gasteiger partial charge in [-0.15, -0.1) is 11.8 Å². The van der Waals surface area contributed by atoms with Crippen LogP contribution in [0.2, 0.25) is 0 Å². The van der Waals surface area contributed by atoms with E-state index < -0.39 is 6.10 Å². The number of benzene rings is 1. The highest BCUT2D eigenvalue weighted by molar-refractivity contribution is 7.99. The summed E-state index contributed by atoms with van der Waals surface area (Å²) in [5, 5.41) is 20.4. The van der Waals surface area contributed by atoms with Crippen molar-refractivity contribution in [3.05, 3.63) is 35.1 Å². The number of rotatable bonds is 7. The van der Waals surface area contributed by atoms with Crippen molar-refractivity contribution in [2.24, 2.45) is 0 Å². The summed E-state index contributed by atoms with van der Waals surface area (Å²) < 4.78 is 13.3. The molecule has 0 fully saturated rings. The summed E-state index contributed by atoms with van der Waals surface area (Å²) in [6, 6.07) is 4.84. The van der Waals surface area contributed by atoms with Crippen molar-refractivity contribution < 1.29 is 19.4 Å². The van der Waals surface area contributed by atoms with Gasteiger partial charge in [0.1, 0.15) is 5.82 Å². The molecular weight excluding hydrogens is 269 g/mol. The van der Waals surface area contributed by atoms with Crippen molar-refractivity contribution in [2.45, 2.75) is 19.6 Å². The summed E-state index contributed by atoms with van der Waals surface area (Å²) in [5.41, 5.74) is 1.28. The fourth-order valence-corrected chi connectivity index (χ4v) is 2.12. The SMILES string of the molecule is Cc1ccc(CNC(=O)CSCC(O)CO)cc1F. The van der Waals surface area contributed by atoms with Gasteiger partial charge in [0.2, 0.25) is 5.91 Å². The molecule has 4 nitrogen and oxygen atoms in total. The van der Waals surface area contributed by atoms with Crippen LogP contribution in [0, 0.1) is 12.7 Å². The van der Waals surface area contributed by atoms with E-state index in [-0.39, 0.29) is 30.6 Å². The average molecular weight is 287 g/mol. The number of halogens is 1. The van der Waals surface area contributed by atoms with Gasteiger partial charge in [0, 0.05) is 12.3 Å². The fraction of sp³-hybridized carbons (Fsp3) is 0.462. The van der Waals surface area contributed by atoms with Crippen LogP contribution < -0.4 is 5.32 Å². The molecule has 0 aliphatic carbocycles. The first-order valence-corrected chi connectivity index (χ1v) is 7.06. The third-order valence-electron chi connectivity index (χ3n) is 2.48. The van der Waals surface area contributed by atoms with Gasteiger partial charge in [-0.25, -0.2) is 4.39 Å². The van der Waals surface area contributed by atoms with Gasteiger partial charge < -0.3 is 15.5 Å². The fourth-order valence-electron chi connectivity index (χ4n) is 1.34. The van der Waals surface area contributed by atoms with E-state index in [1.54, 1.807) is 19.1 Å². The molecule has 19 heavy (non-hydrogen) atoms. The summed E-state index contributed by atoms with van der Waals surface area (Å²) >= 11 is 1.24. The lowest BCUT2D eigenvalue weighted by Crippen LogP contribution is -2.25. The molecule has 1 unspecified atom stereocenters. The first kappa shape index (κ1) is 15.9. The largest absolute Gasteiger partial charge is 0.394 e. The van der Waals surface area contributed by atoms with E-state index in [1.165, 1.54) is 17.8 Å².